The van der Waals surface area contributed by atoms with Crippen molar-refractivity contribution in [1.29, 1.82) is 0 Å². The molecule has 0 bridgehead atoms. The molecule has 2 aromatic rings. The molecule has 1 fully saturated rings. The van der Waals surface area contributed by atoms with Crippen LogP contribution >= 0.6 is 0 Å². The van der Waals surface area contributed by atoms with Crippen LogP contribution in [0.5, 0.6) is 5.88 Å². The van der Waals surface area contributed by atoms with E-state index in [2.05, 4.69) is 43.1 Å². The average molecular weight is 383 g/mol. The number of aryl methyl sites for hydroxylation is 1. The van der Waals surface area contributed by atoms with E-state index in [9.17, 15) is 0 Å². The molecule has 1 aliphatic rings. The molecule has 0 unspecified atom stereocenters. The van der Waals surface area contributed by atoms with Gasteiger partial charge in [0.05, 0.1) is 17.9 Å². The fourth-order valence-electron chi connectivity index (χ4n) is 3.71. The predicted octanol–water partition coefficient (Wildman–Crippen LogP) is 5.06. The summed E-state index contributed by atoms with van der Waals surface area (Å²) < 4.78 is 11.5. The minimum Gasteiger partial charge on any atom is -0.475 e. The van der Waals surface area contributed by atoms with E-state index in [1.165, 1.54) is 42.6 Å². The summed E-state index contributed by atoms with van der Waals surface area (Å²) in [6, 6.07) is 12.8. The molecule has 0 radical (unpaired) electrons. The third-order valence-electron chi connectivity index (χ3n) is 5.31. The highest BCUT2D eigenvalue weighted by Crippen LogP contribution is 2.31. The standard InChI is InChI=1S/C24H34N2O2/c1-18-17-20(19-11-13-26(5)14-12-19)9-10-21(18)22-7-6-8-23(25-22)27-15-16-28-24(2,3)4/h6-10,17,19H,11-16H2,1-5H3. The van der Waals surface area contributed by atoms with Crippen LogP contribution in [-0.4, -0.2) is 48.8 Å². The van der Waals surface area contributed by atoms with Gasteiger partial charge in [-0.1, -0.05) is 24.3 Å². The number of hydrogen-bond donors (Lipinski definition) is 0. The average Bonchev–Trinajstić information content (AvgIpc) is 2.65. The first-order valence-electron chi connectivity index (χ1n) is 10.3. The molecule has 0 atom stereocenters. The van der Waals surface area contributed by atoms with E-state index < -0.39 is 0 Å². The second-order valence-corrected chi connectivity index (χ2v) is 8.82. The van der Waals surface area contributed by atoms with Crippen molar-refractivity contribution in [3.05, 3.63) is 47.5 Å². The summed E-state index contributed by atoms with van der Waals surface area (Å²) in [6.07, 6.45) is 2.49. The van der Waals surface area contributed by atoms with Crippen molar-refractivity contribution < 1.29 is 9.47 Å². The first-order valence-corrected chi connectivity index (χ1v) is 10.3. The molecular weight excluding hydrogens is 348 g/mol. The van der Waals surface area contributed by atoms with Crippen LogP contribution in [0.25, 0.3) is 11.3 Å². The lowest BCUT2D eigenvalue weighted by Crippen LogP contribution is -2.29. The highest BCUT2D eigenvalue weighted by Gasteiger charge is 2.19. The first kappa shape index (κ1) is 20.8. The van der Waals surface area contributed by atoms with E-state index in [1.807, 2.05) is 32.9 Å². The molecule has 2 heterocycles. The van der Waals surface area contributed by atoms with Gasteiger partial charge in [0.2, 0.25) is 5.88 Å². The van der Waals surface area contributed by atoms with Crippen molar-refractivity contribution in [2.45, 2.75) is 52.1 Å². The Morgan fingerprint density at radius 2 is 1.82 bits per heavy atom. The number of aromatic nitrogens is 1. The summed E-state index contributed by atoms with van der Waals surface area (Å²) in [5.74, 6) is 1.32. The van der Waals surface area contributed by atoms with Gasteiger partial charge in [-0.15, -0.1) is 0 Å². The zero-order valence-electron chi connectivity index (χ0n) is 18.0. The largest absolute Gasteiger partial charge is 0.475 e. The Kier molecular flexibility index (Phi) is 6.73. The maximum Gasteiger partial charge on any atom is 0.213 e. The summed E-state index contributed by atoms with van der Waals surface area (Å²) in [5.41, 5.74) is 4.72. The SMILES string of the molecule is Cc1cc(C2CCN(C)CC2)ccc1-c1cccc(OCCOC(C)(C)C)n1. The van der Waals surface area contributed by atoms with Crippen molar-refractivity contribution in [1.82, 2.24) is 9.88 Å². The summed E-state index contributed by atoms with van der Waals surface area (Å²) in [6.45, 7) is 11.7. The van der Waals surface area contributed by atoms with Crippen LogP contribution < -0.4 is 4.74 Å². The van der Waals surface area contributed by atoms with Crippen LogP contribution in [-0.2, 0) is 4.74 Å². The summed E-state index contributed by atoms with van der Waals surface area (Å²) in [4.78, 5) is 7.12. The lowest BCUT2D eigenvalue weighted by Gasteiger charge is -2.29. The molecule has 3 rings (SSSR count). The molecule has 1 aromatic heterocycles. The highest BCUT2D eigenvalue weighted by molar-refractivity contribution is 5.64. The van der Waals surface area contributed by atoms with Gasteiger partial charge in [0, 0.05) is 11.6 Å². The van der Waals surface area contributed by atoms with Crippen molar-refractivity contribution in [2.24, 2.45) is 0 Å². The van der Waals surface area contributed by atoms with E-state index in [4.69, 9.17) is 14.5 Å². The fourth-order valence-corrected chi connectivity index (χ4v) is 3.71. The van der Waals surface area contributed by atoms with Crippen molar-refractivity contribution in [2.75, 3.05) is 33.4 Å². The summed E-state index contributed by atoms with van der Waals surface area (Å²) in [5, 5.41) is 0. The smallest absolute Gasteiger partial charge is 0.213 e. The molecule has 0 saturated carbocycles. The third kappa shape index (κ3) is 5.79. The van der Waals surface area contributed by atoms with Crippen molar-refractivity contribution in [3.63, 3.8) is 0 Å². The highest BCUT2D eigenvalue weighted by atomic mass is 16.5. The molecule has 0 amide bonds. The van der Waals surface area contributed by atoms with Gasteiger partial charge < -0.3 is 14.4 Å². The number of pyridine rings is 1. The monoisotopic (exact) mass is 382 g/mol. The van der Waals surface area contributed by atoms with Crippen LogP contribution in [0.2, 0.25) is 0 Å². The van der Waals surface area contributed by atoms with Gasteiger partial charge in [-0.3, -0.25) is 0 Å². The number of hydrogen-bond acceptors (Lipinski definition) is 4. The van der Waals surface area contributed by atoms with Crippen LogP contribution in [0.3, 0.4) is 0 Å². The Morgan fingerprint density at radius 1 is 1.07 bits per heavy atom. The van der Waals surface area contributed by atoms with Gasteiger partial charge in [0.25, 0.3) is 0 Å². The molecule has 1 aromatic carbocycles. The molecule has 4 heteroatoms. The molecule has 1 aliphatic heterocycles. The molecular formula is C24H34N2O2. The quantitative estimate of drug-likeness (QED) is 0.654. The zero-order valence-corrected chi connectivity index (χ0v) is 18.0. The van der Waals surface area contributed by atoms with Gasteiger partial charge in [-0.25, -0.2) is 4.98 Å². The van der Waals surface area contributed by atoms with Gasteiger partial charge in [0.1, 0.15) is 6.61 Å². The summed E-state index contributed by atoms with van der Waals surface area (Å²) >= 11 is 0. The van der Waals surface area contributed by atoms with Crippen LogP contribution in [0, 0.1) is 6.92 Å². The molecule has 1 saturated heterocycles. The van der Waals surface area contributed by atoms with E-state index in [0.29, 0.717) is 25.0 Å². The third-order valence-corrected chi connectivity index (χ3v) is 5.31. The van der Waals surface area contributed by atoms with Crippen molar-refractivity contribution >= 4 is 0 Å². The predicted molar refractivity (Wildman–Crippen MR) is 115 cm³/mol. The topological polar surface area (TPSA) is 34.6 Å². The van der Waals surface area contributed by atoms with Gasteiger partial charge in [-0.05, 0) is 83.8 Å². The fraction of sp³-hybridized carbons (Fsp3) is 0.542. The normalized spacial score (nSPS) is 16.3. The number of rotatable bonds is 6. The lowest BCUT2D eigenvalue weighted by molar-refractivity contribution is -0.0167. The van der Waals surface area contributed by atoms with Crippen LogP contribution in [0.4, 0.5) is 0 Å². The van der Waals surface area contributed by atoms with Gasteiger partial charge in [0.15, 0.2) is 0 Å². The molecule has 4 nitrogen and oxygen atoms in total. The van der Waals surface area contributed by atoms with Gasteiger partial charge in [-0.2, -0.15) is 0 Å². The second-order valence-electron chi connectivity index (χ2n) is 8.82. The van der Waals surface area contributed by atoms with Crippen LogP contribution in [0.15, 0.2) is 36.4 Å². The second kappa shape index (κ2) is 9.06. The maximum absolute atomic E-state index is 5.79. The number of benzene rings is 1. The molecule has 0 aliphatic carbocycles. The van der Waals surface area contributed by atoms with Crippen molar-refractivity contribution in [3.8, 4) is 17.1 Å². The van der Waals surface area contributed by atoms with E-state index >= 15 is 0 Å². The van der Waals surface area contributed by atoms with Gasteiger partial charge >= 0.3 is 0 Å². The minimum absolute atomic E-state index is 0.148. The van der Waals surface area contributed by atoms with E-state index in [-0.39, 0.29) is 5.60 Å². The minimum atomic E-state index is -0.148. The Hall–Kier alpha value is -1.91. The molecule has 28 heavy (non-hydrogen) atoms. The van der Waals surface area contributed by atoms with Crippen LogP contribution in [0.1, 0.15) is 50.7 Å². The first-order chi connectivity index (χ1) is 13.3. The number of likely N-dealkylation sites (tertiary alicyclic amines) is 1. The molecule has 0 spiro atoms. The Morgan fingerprint density at radius 3 is 2.50 bits per heavy atom. The number of ether oxygens (including phenoxy) is 2. The Bertz CT molecular complexity index is 774. The lowest BCUT2D eigenvalue weighted by atomic mass is 9.87. The van der Waals surface area contributed by atoms with E-state index in [1.54, 1.807) is 0 Å². The zero-order chi connectivity index (χ0) is 20.1. The Balaban J connectivity index is 1.66. The Labute approximate surface area is 169 Å². The summed E-state index contributed by atoms with van der Waals surface area (Å²) in [7, 11) is 2.21. The molecule has 152 valence electrons. The number of piperidine rings is 1. The molecule has 0 N–H and O–H groups in total. The number of nitrogens with zero attached hydrogens (tertiary/aromatic N) is 2. The van der Waals surface area contributed by atoms with E-state index in [0.717, 1.165) is 5.69 Å². The maximum atomic E-state index is 5.79.